The average molecular weight is 529 g/mol. The number of hydrogen-bond acceptors (Lipinski definition) is 6. The van der Waals surface area contributed by atoms with Crippen molar-refractivity contribution in [1.82, 2.24) is 4.98 Å². The van der Waals surface area contributed by atoms with E-state index >= 15 is 0 Å². The first kappa shape index (κ1) is 26.6. The van der Waals surface area contributed by atoms with Crippen molar-refractivity contribution in [2.24, 2.45) is 0 Å². The van der Waals surface area contributed by atoms with Crippen LogP contribution in [0.25, 0.3) is 17.2 Å². The van der Waals surface area contributed by atoms with Gasteiger partial charge in [-0.15, -0.1) is 11.8 Å². The first-order chi connectivity index (χ1) is 18.4. The number of aromatic hydroxyl groups is 1. The lowest BCUT2D eigenvalue weighted by Gasteiger charge is -2.13. The number of allylic oxidation sites excluding steroid dienone is 1. The third kappa shape index (κ3) is 6.25. The quantitative estimate of drug-likeness (QED) is 0.138. The van der Waals surface area contributed by atoms with Gasteiger partial charge in [0.25, 0.3) is 6.43 Å². The molecule has 0 aliphatic carbocycles. The number of hydrogen-bond donors (Lipinski definition) is 1. The van der Waals surface area contributed by atoms with E-state index in [1.54, 1.807) is 42.5 Å². The van der Waals surface area contributed by atoms with Crippen LogP contribution in [-0.4, -0.2) is 23.0 Å². The highest BCUT2D eigenvalue weighted by atomic mass is 32.2. The van der Waals surface area contributed by atoms with Gasteiger partial charge in [-0.3, -0.25) is 4.79 Å². The topological polar surface area (TPSA) is 83.2 Å². The highest BCUT2D eigenvalue weighted by molar-refractivity contribution is 7.98. The molecule has 0 bridgehead atoms. The summed E-state index contributed by atoms with van der Waals surface area (Å²) in [5, 5.41) is 19.5. The van der Waals surface area contributed by atoms with E-state index in [9.17, 15) is 23.9 Å². The molecular formula is C30H22F2N2O3S. The number of benzene rings is 3. The van der Waals surface area contributed by atoms with Crippen LogP contribution in [0.2, 0.25) is 0 Å². The minimum absolute atomic E-state index is 0.0758. The lowest BCUT2D eigenvalue weighted by Crippen LogP contribution is -1.99. The minimum Gasteiger partial charge on any atom is -0.508 e. The Balaban J connectivity index is 1.62. The molecule has 0 fully saturated rings. The molecule has 1 heterocycles. The summed E-state index contributed by atoms with van der Waals surface area (Å²) in [7, 11) is 1.53. The van der Waals surface area contributed by atoms with Crippen LogP contribution in [-0.2, 0) is 5.75 Å². The fourth-order valence-electron chi connectivity index (χ4n) is 3.77. The van der Waals surface area contributed by atoms with Crippen molar-refractivity contribution in [2.45, 2.75) is 17.2 Å². The van der Waals surface area contributed by atoms with Crippen molar-refractivity contribution in [2.75, 3.05) is 7.11 Å². The molecule has 0 atom stereocenters. The number of nitriles is 1. The molecule has 0 unspecified atom stereocenters. The van der Waals surface area contributed by atoms with Crippen molar-refractivity contribution in [3.05, 3.63) is 113 Å². The third-order valence-corrected chi connectivity index (χ3v) is 6.70. The first-order valence-corrected chi connectivity index (χ1v) is 12.5. The molecular weight excluding hydrogens is 506 g/mol. The molecule has 0 aliphatic heterocycles. The molecule has 38 heavy (non-hydrogen) atoms. The second-order valence-electron chi connectivity index (χ2n) is 8.16. The molecule has 0 saturated carbocycles. The van der Waals surface area contributed by atoms with Crippen molar-refractivity contribution in [3.8, 4) is 28.7 Å². The fraction of sp³-hybridized carbons (Fsp3) is 0.100. The largest absolute Gasteiger partial charge is 0.508 e. The number of rotatable bonds is 9. The van der Waals surface area contributed by atoms with Crippen LogP contribution < -0.4 is 4.74 Å². The number of thioether (sulfide) groups is 1. The number of halogens is 2. The summed E-state index contributed by atoms with van der Waals surface area (Å²) in [5.41, 5.74) is 2.78. The number of nitrogens with zero attached hydrogens (tertiary/aromatic N) is 2. The summed E-state index contributed by atoms with van der Waals surface area (Å²) in [6.45, 7) is 0. The summed E-state index contributed by atoms with van der Waals surface area (Å²) in [6, 6.07) is 23.6. The summed E-state index contributed by atoms with van der Waals surface area (Å²) < 4.78 is 32.8. The molecule has 3 aromatic carbocycles. The Morgan fingerprint density at radius 2 is 1.84 bits per heavy atom. The zero-order valence-electron chi connectivity index (χ0n) is 20.3. The molecule has 1 aromatic heterocycles. The standard InChI is InChI=1S/C30H22F2N2O3S/c1-37-28-14-8-19(7-13-27(36)21-9-11-23(35)12-10-21)15-22(28)18-38-30-25(17-33)24(16-26(34-30)29(31)32)20-5-3-2-4-6-20/h2-16,29,35H,18H2,1H3/b13-7+. The monoisotopic (exact) mass is 528 g/mol. The summed E-state index contributed by atoms with van der Waals surface area (Å²) in [4.78, 5) is 16.6. The molecule has 0 radical (unpaired) electrons. The number of ketones is 1. The molecule has 0 amide bonds. The lowest BCUT2D eigenvalue weighted by atomic mass is 10.0. The van der Waals surface area contributed by atoms with Gasteiger partial charge in [0, 0.05) is 22.4 Å². The van der Waals surface area contributed by atoms with Crippen molar-refractivity contribution in [1.29, 1.82) is 5.26 Å². The van der Waals surface area contributed by atoms with Gasteiger partial charge in [0.05, 0.1) is 12.7 Å². The van der Waals surface area contributed by atoms with E-state index in [0.29, 0.717) is 28.2 Å². The van der Waals surface area contributed by atoms with Gasteiger partial charge in [-0.25, -0.2) is 13.8 Å². The predicted molar refractivity (Wildman–Crippen MR) is 143 cm³/mol. The van der Waals surface area contributed by atoms with Crippen molar-refractivity contribution in [3.63, 3.8) is 0 Å². The Kier molecular flexibility index (Phi) is 8.51. The number of phenols is 1. The zero-order valence-corrected chi connectivity index (χ0v) is 21.1. The average Bonchev–Trinajstić information content (AvgIpc) is 2.95. The van der Waals surface area contributed by atoms with Gasteiger partial charge < -0.3 is 9.84 Å². The number of carbonyl (C=O) groups is 1. The van der Waals surface area contributed by atoms with Gasteiger partial charge in [-0.05, 0) is 59.7 Å². The van der Waals surface area contributed by atoms with E-state index in [-0.39, 0.29) is 22.1 Å². The minimum atomic E-state index is -2.79. The van der Waals surface area contributed by atoms with E-state index in [1.807, 2.05) is 12.1 Å². The Morgan fingerprint density at radius 1 is 1.11 bits per heavy atom. The number of alkyl halides is 2. The predicted octanol–water partition coefficient (Wildman–Crippen LogP) is 7.46. The number of ether oxygens (including phenoxy) is 1. The number of aromatic nitrogens is 1. The summed E-state index contributed by atoms with van der Waals surface area (Å²) in [5.74, 6) is 0.717. The maximum absolute atomic E-state index is 13.7. The van der Waals surface area contributed by atoms with Gasteiger partial charge in [0.2, 0.25) is 0 Å². The molecule has 5 nitrogen and oxygen atoms in total. The normalized spacial score (nSPS) is 11.0. The molecule has 0 spiro atoms. The van der Waals surface area contributed by atoms with Crippen LogP contribution in [0, 0.1) is 11.3 Å². The Labute approximate surface area is 223 Å². The first-order valence-electron chi connectivity index (χ1n) is 11.5. The van der Waals surface area contributed by atoms with Gasteiger partial charge in [0.15, 0.2) is 5.78 Å². The van der Waals surface area contributed by atoms with Gasteiger partial charge >= 0.3 is 0 Å². The van der Waals surface area contributed by atoms with Crippen LogP contribution in [0.1, 0.15) is 39.2 Å². The Bertz CT molecular complexity index is 1520. The van der Waals surface area contributed by atoms with Gasteiger partial charge in [-0.2, -0.15) is 5.26 Å². The maximum Gasteiger partial charge on any atom is 0.280 e. The smallest absolute Gasteiger partial charge is 0.280 e. The summed E-state index contributed by atoms with van der Waals surface area (Å²) >= 11 is 1.16. The van der Waals surface area contributed by atoms with Gasteiger partial charge in [-0.1, -0.05) is 42.5 Å². The van der Waals surface area contributed by atoms with E-state index in [1.165, 1.54) is 43.5 Å². The Morgan fingerprint density at radius 3 is 2.50 bits per heavy atom. The SMILES string of the molecule is COc1ccc(/C=C/C(=O)c2ccc(O)cc2)cc1CSc1nc(C(F)F)cc(-c2ccccc2)c1C#N. The highest BCUT2D eigenvalue weighted by Crippen LogP contribution is 2.36. The highest BCUT2D eigenvalue weighted by Gasteiger charge is 2.19. The third-order valence-electron chi connectivity index (χ3n) is 5.67. The second-order valence-corrected chi connectivity index (χ2v) is 9.12. The molecule has 4 rings (SSSR count). The van der Waals surface area contributed by atoms with Crippen molar-refractivity contribution < 1.29 is 23.4 Å². The maximum atomic E-state index is 13.7. The fourth-order valence-corrected chi connectivity index (χ4v) is 4.75. The number of carbonyl (C=O) groups excluding carboxylic acids is 1. The van der Waals surface area contributed by atoms with E-state index < -0.39 is 12.1 Å². The van der Waals surface area contributed by atoms with E-state index in [2.05, 4.69) is 11.1 Å². The molecule has 8 heteroatoms. The van der Waals surface area contributed by atoms with Gasteiger partial charge in [0.1, 0.15) is 28.3 Å². The van der Waals surface area contributed by atoms with E-state index in [0.717, 1.165) is 22.9 Å². The summed E-state index contributed by atoms with van der Waals surface area (Å²) in [6.07, 6.45) is 0.296. The second kappa shape index (κ2) is 12.2. The number of phenolic OH excluding ortho intramolecular Hbond substituents is 1. The van der Waals surface area contributed by atoms with Crippen LogP contribution in [0.5, 0.6) is 11.5 Å². The zero-order chi connectivity index (χ0) is 27.1. The lowest BCUT2D eigenvalue weighted by molar-refractivity contribution is 0.104. The van der Waals surface area contributed by atoms with Crippen LogP contribution >= 0.6 is 11.8 Å². The molecule has 0 aliphatic rings. The van der Waals surface area contributed by atoms with Crippen LogP contribution in [0.4, 0.5) is 8.78 Å². The molecule has 190 valence electrons. The van der Waals surface area contributed by atoms with Crippen molar-refractivity contribution >= 4 is 23.6 Å². The van der Waals surface area contributed by atoms with E-state index in [4.69, 9.17) is 4.74 Å². The molecule has 0 saturated heterocycles. The Hall–Kier alpha value is -4.48. The number of pyridine rings is 1. The molecule has 4 aromatic rings. The number of methoxy groups -OCH3 is 1. The molecule has 1 N–H and O–H groups in total. The van der Waals surface area contributed by atoms with Crippen LogP contribution in [0.3, 0.4) is 0 Å². The van der Waals surface area contributed by atoms with Crippen LogP contribution in [0.15, 0.2) is 90.0 Å².